The van der Waals surface area contributed by atoms with Crippen molar-refractivity contribution in [2.45, 2.75) is 13.0 Å². The average molecular weight is 256 g/mol. The fourth-order valence-electron chi connectivity index (χ4n) is 2.15. The summed E-state index contributed by atoms with van der Waals surface area (Å²) in [5.74, 6) is 0. The van der Waals surface area contributed by atoms with Gasteiger partial charge in [-0.05, 0) is 30.2 Å². The van der Waals surface area contributed by atoms with Gasteiger partial charge in [-0.15, -0.1) is 0 Å². The van der Waals surface area contributed by atoms with Gasteiger partial charge in [0.05, 0.1) is 11.3 Å². The smallest absolute Gasteiger partial charge is 0.249 e. The lowest BCUT2D eigenvalue weighted by Crippen LogP contribution is -2.38. The molecule has 0 fully saturated rings. The highest BCUT2D eigenvalue weighted by atomic mass is 16.2. The topological polar surface area (TPSA) is 72.2 Å². The van der Waals surface area contributed by atoms with Crippen LogP contribution in [-0.2, 0) is 13.0 Å². The Hall–Kier alpha value is -2.20. The normalized spacial score (nSPS) is 10.8. The minimum absolute atomic E-state index is 0.0429. The Kier molecular flexibility index (Phi) is 3.62. The zero-order valence-corrected chi connectivity index (χ0v) is 10.8. The monoisotopic (exact) mass is 256 g/mol. The van der Waals surface area contributed by atoms with E-state index in [9.17, 15) is 9.59 Å². The summed E-state index contributed by atoms with van der Waals surface area (Å²) in [6, 6.07) is 7.99. The molecule has 0 spiro atoms. The molecular weight excluding hydrogens is 240 g/mol. The summed E-state index contributed by atoms with van der Waals surface area (Å²) in [4.78, 5) is 22.5. The summed E-state index contributed by atoms with van der Waals surface area (Å²) in [5.41, 5.74) is 7.55. The van der Waals surface area contributed by atoms with Gasteiger partial charge in [0, 0.05) is 6.54 Å². The molecule has 0 radical (unpaired) electrons. The molecule has 2 rings (SSSR count). The molecule has 4 nitrogen and oxygen atoms in total. The van der Waals surface area contributed by atoms with Crippen molar-refractivity contribution in [1.82, 2.24) is 5.32 Å². The van der Waals surface area contributed by atoms with Crippen LogP contribution in [0.4, 0.5) is 5.69 Å². The molecule has 0 bridgehead atoms. The van der Waals surface area contributed by atoms with Crippen molar-refractivity contribution in [2.24, 2.45) is 0 Å². The van der Waals surface area contributed by atoms with Crippen LogP contribution in [-0.4, -0.2) is 7.05 Å². The molecule has 3 N–H and O–H groups in total. The second-order valence-electron chi connectivity index (χ2n) is 4.58. The van der Waals surface area contributed by atoms with Crippen molar-refractivity contribution < 1.29 is 0 Å². The first kappa shape index (κ1) is 13.2. The van der Waals surface area contributed by atoms with E-state index in [1.165, 1.54) is 0 Å². The van der Waals surface area contributed by atoms with Crippen molar-refractivity contribution in [3.63, 3.8) is 0 Å². The van der Waals surface area contributed by atoms with E-state index in [1.54, 1.807) is 0 Å². The average Bonchev–Trinajstić information content (AvgIpc) is 2.39. The fourth-order valence-corrected chi connectivity index (χ4v) is 2.15. The van der Waals surface area contributed by atoms with Gasteiger partial charge in [-0.25, -0.2) is 0 Å². The lowest BCUT2D eigenvalue weighted by atomic mass is 9.94. The third kappa shape index (κ3) is 2.48. The highest BCUT2D eigenvalue weighted by Crippen LogP contribution is 2.20. The van der Waals surface area contributed by atoms with Crippen LogP contribution in [0.5, 0.6) is 0 Å². The van der Waals surface area contributed by atoms with Gasteiger partial charge in [-0.3, -0.25) is 9.59 Å². The quantitative estimate of drug-likeness (QED) is 0.778. The number of nitrogens with one attached hydrogen (secondary N) is 1. The molecule has 98 valence electrons. The van der Waals surface area contributed by atoms with E-state index in [0.29, 0.717) is 17.6 Å². The van der Waals surface area contributed by atoms with E-state index < -0.39 is 10.9 Å². The van der Waals surface area contributed by atoms with Crippen molar-refractivity contribution >= 4 is 11.3 Å². The van der Waals surface area contributed by atoms with Crippen LogP contribution in [0.15, 0.2) is 40.4 Å². The number of nitrogen functional groups attached to an aromatic ring is 1. The van der Waals surface area contributed by atoms with Gasteiger partial charge in [-0.2, -0.15) is 0 Å². The predicted octanol–water partition coefficient (Wildman–Crippen LogP) is 0.840. The zero-order chi connectivity index (χ0) is 14.0. The predicted molar refractivity (Wildman–Crippen MR) is 77.7 cm³/mol. The first-order chi connectivity index (χ1) is 9.04. The SMILES string of the molecule is C=C(Cc1cccc(CNC)c1)c1c(N)c(=O)c1=O. The van der Waals surface area contributed by atoms with Crippen LogP contribution in [0, 0.1) is 0 Å². The summed E-state index contributed by atoms with van der Waals surface area (Å²) in [6.45, 7) is 4.64. The lowest BCUT2D eigenvalue weighted by molar-refractivity contribution is 0.816. The van der Waals surface area contributed by atoms with E-state index >= 15 is 0 Å². The molecule has 4 heteroatoms. The largest absolute Gasteiger partial charge is 0.395 e. The molecule has 0 atom stereocenters. The van der Waals surface area contributed by atoms with E-state index in [-0.39, 0.29) is 5.69 Å². The minimum Gasteiger partial charge on any atom is -0.395 e. The zero-order valence-electron chi connectivity index (χ0n) is 10.8. The van der Waals surface area contributed by atoms with Gasteiger partial charge in [0.1, 0.15) is 0 Å². The molecule has 2 aromatic carbocycles. The van der Waals surface area contributed by atoms with Gasteiger partial charge in [0.25, 0.3) is 0 Å². The number of nitrogens with two attached hydrogens (primary N) is 1. The van der Waals surface area contributed by atoms with Gasteiger partial charge in [0.15, 0.2) is 0 Å². The molecule has 0 aliphatic carbocycles. The van der Waals surface area contributed by atoms with E-state index in [1.807, 2.05) is 31.3 Å². The molecule has 19 heavy (non-hydrogen) atoms. The van der Waals surface area contributed by atoms with E-state index in [0.717, 1.165) is 17.7 Å². The third-order valence-corrected chi connectivity index (χ3v) is 3.09. The first-order valence-electron chi connectivity index (χ1n) is 6.04. The number of allylic oxidation sites excluding steroid dienone is 1. The standard InChI is InChI=1S/C15H16N2O2/c1-9(12-13(16)15(19)14(12)18)6-10-4-3-5-11(7-10)8-17-2/h3-5,7,17H,1,6,8,16H2,2H3. The van der Waals surface area contributed by atoms with Crippen molar-refractivity contribution in [3.05, 3.63) is 68.0 Å². The molecule has 0 aliphatic rings. The Balaban J connectivity index is 2.18. The van der Waals surface area contributed by atoms with Crippen LogP contribution < -0.4 is 21.9 Å². The van der Waals surface area contributed by atoms with Gasteiger partial charge in [-0.1, -0.05) is 30.8 Å². The number of anilines is 1. The highest BCUT2D eigenvalue weighted by Gasteiger charge is 2.20. The van der Waals surface area contributed by atoms with E-state index in [2.05, 4.69) is 11.9 Å². The number of rotatable bonds is 5. The Labute approximate surface area is 111 Å². The third-order valence-electron chi connectivity index (χ3n) is 3.09. The van der Waals surface area contributed by atoms with Gasteiger partial charge >= 0.3 is 0 Å². The molecule has 0 unspecified atom stereocenters. The molecule has 2 aromatic rings. The fraction of sp³-hybridized carbons (Fsp3) is 0.200. The molecule has 0 aromatic heterocycles. The molecule has 0 aliphatic heterocycles. The molecule has 0 saturated carbocycles. The van der Waals surface area contributed by atoms with Crippen molar-refractivity contribution in [3.8, 4) is 0 Å². The van der Waals surface area contributed by atoms with Crippen molar-refractivity contribution in [2.75, 3.05) is 12.8 Å². The highest BCUT2D eigenvalue weighted by molar-refractivity contribution is 5.78. The second kappa shape index (κ2) is 5.20. The Morgan fingerprint density at radius 2 is 1.95 bits per heavy atom. The lowest BCUT2D eigenvalue weighted by Gasteiger charge is -2.11. The van der Waals surface area contributed by atoms with Gasteiger partial charge in [0.2, 0.25) is 10.9 Å². The maximum absolute atomic E-state index is 11.4. The Morgan fingerprint density at radius 1 is 1.26 bits per heavy atom. The summed E-state index contributed by atoms with van der Waals surface area (Å²) in [7, 11) is 1.88. The van der Waals surface area contributed by atoms with Crippen LogP contribution in [0.3, 0.4) is 0 Å². The summed E-state index contributed by atoms with van der Waals surface area (Å²) in [6.07, 6.45) is 0.520. The summed E-state index contributed by atoms with van der Waals surface area (Å²) in [5, 5.41) is 3.08. The maximum atomic E-state index is 11.4. The molecule has 0 saturated heterocycles. The van der Waals surface area contributed by atoms with Crippen LogP contribution in [0.1, 0.15) is 16.7 Å². The van der Waals surface area contributed by atoms with Crippen LogP contribution in [0.2, 0.25) is 0 Å². The first-order valence-corrected chi connectivity index (χ1v) is 6.04. The Bertz CT molecular complexity index is 694. The summed E-state index contributed by atoms with van der Waals surface area (Å²) < 4.78 is 0. The summed E-state index contributed by atoms with van der Waals surface area (Å²) >= 11 is 0. The minimum atomic E-state index is -0.597. The number of benzene rings is 1. The van der Waals surface area contributed by atoms with E-state index in [4.69, 9.17) is 5.73 Å². The van der Waals surface area contributed by atoms with Gasteiger partial charge < -0.3 is 11.1 Å². The van der Waals surface area contributed by atoms with Crippen LogP contribution >= 0.6 is 0 Å². The second-order valence-corrected chi connectivity index (χ2v) is 4.58. The molecule has 0 amide bonds. The van der Waals surface area contributed by atoms with Crippen molar-refractivity contribution in [1.29, 1.82) is 0 Å². The number of hydrogen-bond donors (Lipinski definition) is 2. The number of hydrogen-bond acceptors (Lipinski definition) is 4. The van der Waals surface area contributed by atoms with Crippen LogP contribution in [0.25, 0.3) is 5.57 Å². The molecule has 0 heterocycles. The Morgan fingerprint density at radius 3 is 2.58 bits per heavy atom. The molecular formula is C15H16N2O2. The maximum Gasteiger partial charge on any atom is 0.249 e.